The highest BCUT2D eigenvalue weighted by molar-refractivity contribution is 7.92. The fourth-order valence-corrected chi connectivity index (χ4v) is 4.68. The number of halogens is 1. The minimum Gasteiger partial charge on any atom is -0.496 e. The number of carbonyl (C=O) groups is 1. The van der Waals surface area contributed by atoms with Crippen molar-refractivity contribution in [2.45, 2.75) is 24.8 Å². The highest BCUT2D eigenvalue weighted by atomic mass is 35.5. The third kappa shape index (κ3) is 7.03. The van der Waals surface area contributed by atoms with Gasteiger partial charge in [0.25, 0.3) is 15.9 Å². The second kappa shape index (κ2) is 11.8. The average Bonchev–Trinajstić information content (AvgIpc) is 2.84. The molecule has 0 fully saturated rings. The van der Waals surface area contributed by atoms with Crippen molar-refractivity contribution in [2.75, 3.05) is 25.0 Å². The first-order valence-corrected chi connectivity index (χ1v) is 12.7. The van der Waals surface area contributed by atoms with Crippen LogP contribution in [-0.4, -0.2) is 34.6 Å². The molecule has 186 valence electrons. The number of ether oxygens (including phenoxy) is 3. The third-order valence-electron chi connectivity index (χ3n) is 4.97. The van der Waals surface area contributed by atoms with Gasteiger partial charge in [-0.25, -0.2) is 8.42 Å². The molecule has 1 atom stereocenters. The first kappa shape index (κ1) is 26.2. The van der Waals surface area contributed by atoms with Crippen LogP contribution in [-0.2, 0) is 14.8 Å². The topological polar surface area (TPSA) is 103 Å². The summed E-state index contributed by atoms with van der Waals surface area (Å²) in [4.78, 5) is 12.3. The molecule has 0 aliphatic heterocycles. The van der Waals surface area contributed by atoms with Gasteiger partial charge in [-0.05, 0) is 62.4 Å². The number of hydrogen-bond donors (Lipinski definition) is 2. The molecule has 0 aliphatic carbocycles. The fourth-order valence-electron chi connectivity index (χ4n) is 3.29. The fraction of sp³-hybridized carbons (Fsp3) is 0.240. The van der Waals surface area contributed by atoms with Crippen molar-refractivity contribution in [2.24, 2.45) is 0 Å². The quantitative estimate of drug-likeness (QED) is 0.378. The van der Waals surface area contributed by atoms with E-state index >= 15 is 0 Å². The van der Waals surface area contributed by atoms with E-state index in [1.54, 1.807) is 31.4 Å². The Hall–Kier alpha value is -3.43. The van der Waals surface area contributed by atoms with Crippen molar-refractivity contribution in [3.05, 3.63) is 77.3 Å². The SMILES string of the molecule is CCOc1ccc(NS(=O)(=O)c2ccc(OCC(=O)N[C@@H](C)c3ccccc3OC)c(Cl)c2)cc1. The molecule has 0 aliphatic rings. The number of sulfonamides is 1. The summed E-state index contributed by atoms with van der Waals surface area (Å²) in [6.45, 7) is 3.92. The van der Waals surface area contributed by atoms with Gasteiger partial charge in [-0.2, -0.15) is 0 Å². The van der Waals surface area contributed by atoms with Gasteiger partial charge in [0.05, 0.1) is 29.7 Å². The predicted molar refractivity (Wildman–Crippen MR) is 135 cm³/mol. The molecule has 0 saturated heterocycles. The zero-order valence-corrected chi connectivity index (χ0v) is 21.2. The second-order valence-electron chi connectivity index (χ2n) is 7.47. The van der Waals surface area contributed by atoms with E-state index in [-0.39, 0.29) is 34.2 Å². The van der Waals surface area contributed by atoms with Crippen LogP contribution in [0.3, 0.4) is 0 Å². The van der Waals surface area contributed by atoms with Crippen molar-refractivity contribution in [3.8, 4) is 17.2 Å². The predicted octanol–water partition coefficient (Wildman–Crippen LogP) is 4.80. The molecule has 0 saturated carbocycles. The minimum atomic E-state index is -3.88. The van der Waals surface area contributed by atoms with E-state index < -0.39 is 10.0 Å². The van der Waals surface area contributed by atoms with Crippen LogP contribution < -0.4 is 24.2 Å². The Morgan fingerprint density at radius 2 is 1.71 bits per heavy atom. The number of carbonyl (C=O) groups excluding carboxylic acids is 1. The summed E-state index contributed by atoms with van der Waals surface area (Å²) < 4.78 is 44.1. The lowest BCUT2D eigenvalue weighted by Crippen LogP contribution is -2.31. The number of rotatable bonds is 11. The molecule has 35 heavy (non-hydrogen) atoms. The van der Waals surface area contributed by atoms with Crippen LogP contribution in [0.1, 0.15) is 25.5 Å². The van der Waals surface area contributed by atoms with Gasteiger partial charge < -0.3 is 19.5 Å². The molecule has 0 unspecified atom stereocenters. The van der Waals surface area contributed by atoms with Crippen molar-refractivity contribution < 1.29 is 27.4 Å². The van der Waals surface area contributed by atoms with E-state index in [1.807, 2.05) is 38.1 Å². The molecule has 1 amide bonds. The van der Waals surface area contributed by atoms with Gasteiger partial charge in [0.1, 0.15) is 17.2 Å². The van der Waals surface area contributed by atoms with Crippen molar-refractivity contribution in [1.82, 2.24) is 5.32 Å². The van der Waals surface area contributed by atoms with Crippen LogP contribution in [0.2, 0.25) is 5.02 Å². The van der Waals surface area contributed by atoms with E-state index in [0.717, 1.165) is 5.56 Å². The first-order chi connectivity index (χ1) is 16.7. The van der Waals surface area contributed by atoms with E-state index in [4.69, 9.17) is 25.8 Å². The highest BCUT2D eigenvalue weighted by Crippen LogP contribution is 2.29. The normalized spacial score (nSPS) is 11.9. The molecule has 0 spiro atoms. The molecule has 8 nitrogen and oxygen atoms in total. The molecule has 10 heteroatoms. The molecule has 0 heterocycles. The lowest BCUT2D eigenvalue weighted by Gasteiger charge is -2.17. The smallest absolute Gasteiger partial charge is 0.261 e. The number of benzene rings is 3. The van der Waals surface area contributed by atoms with Crippen LogP contribution >= 0.6 is 11.6 Å². The average molecular weight is 519 g/mol. The molecule has 0 aromatic heterocycles. The standard InChI is InChI=1S/C25H27ClN2O6S/c1-4-33-19-11-9-18(10-12-19)28-35(30,31)20-13-14-24(22(26)15-20)34-16-25(29)27-17(2)21-7-5-6-8-23(21)32-3/h5-15,17,28H,4,16H2,1-3H3,(H,27,29)/t17-/m0/s1. The Balaban J connectivity index is 1.60. The molecule has 3 aromatic rings. The van der Waals surface area contributed by atoms with Crippen LogP contribution in [0.5, 0.6) is 17.2 Å². The van der Waals surface area contributed by atoms with Crippen LogP contribution in [0.4, 0.5) is 5.69 Å². The Bertz CT molecular complexity index is 1270. The lowest BCUT2D eigenvalue weighted by atomic mass is 10.1. The number of nitrogens with one attached hydrogen (secondary N) is 2. The summed E-state index contributed by atoms with van der Waals surface area (Å²) in [5.74, 6) is 1.13. The van der Waals surface area contributed by atoms with E-state index in [2.05, 4.69) is 10.0 Å². The second-order valence-corrected chi connectivity index (χ2v) is 9.56. The Morgan fingerprint density at radius 1 is 1.00 bits per heavy atom. The Labute approximate surface area is 210 Å². The van der Waals surface area contributed by atoms with Gasteiger partial charge in [-0.3, -0.25) is 9.52 Å². The van der Waals surface area contributed by atoms with Crippen LogP contribution in [0.25, 0.3) is 0 Å². The van der Waals surface area contributed by atoms with Crippen molar-refractivity contribution in [1.29, 1.82) is 0 Å². The summed E-state index contributed by atoms with van der Waals surface area (Å²) in [6.07, 6.45) is 0. The van der Waals surface area contributed by atoms with Crippen LogP contribution in [0, 0.1) is 0 Å². The van der Waals surface area contributed by atoms with E-state index in [1.165, 1.54) is 18.2 Å². The van der Waals surface area contributed by atoms with Gasteiger partial charge in [0, 0.05) is 11.3 Å². The Kier molecular flexibility index (Phi) is 8.84. The van der Waals surface area contributed by atoms with Crippen molar-refractivity contribution in [3.63, 3.8) is 0 Å². The summed E-state index contributed by atoms with van der Waals surface area (Å²) >= 11 is 6.24. The van der Waals surface area contributed by atoms with Gasteiger partial charge >= 0.3 is 0 Å². The van der Waals surface area contributed by atoms with Gasteiger partial charge in [-0.15, -0.1) is 0 Å². The third-order valence-corrected chi connectivity index (χ3v) is 6.65. The number of methoxy groups -OCH3 is 1. The summed E-state index contributed by atoms with van der Waals surface area (Å²) in [5, 5.41) is 2.89. The molecule has 0 radical (unpaired) electrons. The van der Waals surface area contributed by atoms with Crippen LogP contribution in [0.15, 0.2) is 71.6 Å². The number of hydrogen-bond acceptors (Lipinski definition) is 6. The van der Waals surface area contributed by atoms with E-state index in [0.29, 0.717) is 23.8 Å². The molecular weight excluding hydrogens is 492 g/mol. The summed E-state index contributed by atoms with van der Waals surface area (Å²) in [6, 6.07) is 17.7. The molecule has 3 rings (SSSR count). The van der Waals surface area contributed by atoms with Gasteiger partial charge in [0.15, 0.2) is 6.61 Å². The minimum absolute atomic E-state index is 0.0435. The monoisotopic (exact) mass is 518 g/mol. The first-order valence-electron chi connectivity index (χ1n) is 10.8. The molecule has 3 aromatic carbocycles. The molecular formula is C25H27ClN2O6S. The van der Waals surface area contributed by atoms with E-state index in [9.17, 15) is 13.2 Å². The summed E-state index contributed by atoms with van der Waals surface area (Å²) in [5.41, 5.74) is 1.21. The highest BCUT2D eigenvalue weighted by Gasteiger charge is 2.18. The molecule has 2 N–H and O–H groups in total. The van der Waals surface area contributed by atoms with Gasteiger partial charge in [0.2, 0.25) is 0 Å². The number of para-hydroxylation sites is 1. The maximum atomic E-state index is 12.7. The molecule has 0 bridgehead atoms. The maximum Gasteiger partial charge on any atom is 0.261 e. The van der Waals surface area contributed by atoms with Gasteiger partial charge in [-0.1, -0.05) is 29.8 Å². The van der Waals surface area contributed by atoms with Crippen molar-refractivity contribution >= 4 is 33.2 Å². The largest absolute Gasteiger partial charge is 0.496 e. The zero-order valence-electron chi connectivity index (χ0n) is 19.6. The lowest BCUT2D eigenvalue weighted by molar-refractivity contribution is -0.123. The maximum absolute atomic E-state index is 12.7. The Morgan fingerprint density at radius 3 is 2.37 bits per heavy atom. The summed E-state index contributed by atoms with van der Waals surface area (Å²) in [7, 11) is -2.32. The zero-order chi connectivity index (χ0) is 25.4. The number of anilines is 1. The number of amides is 1.